The normalized spacial score (nSPS) is 9.92. The van der Waals surface area contributed by atoms with Crippen molar-refractivity contribution in [2.24, 2.45) is 0 Å². The Kier molecular flexibility index (Phi) is 2.62. The maximum atomic E-state index is 10.8. The average Bonchev–Trinajstić information content (AvgIpc) is 2.02. The zero-order chi connectivity index (χ0) is 10.0. The zero-order valence-electron chi connectivity index (χ0n) is 6.88. The van der Waals surface area contributed by atoms with E-state index in [0.29, 0.717) is 12.0 Å². The Morgan fingerprint density at radius 3 is 2.62 bits per heavy atom. The number of H-pyrrole nitrogens is 2. The molecular formula is C7H8N2O3S. The lowest BCUT2D eigenvalue weighted by molar-refractivity contribution is 0.0688. The van der Waals surface area contributed by atoms with Crippen LogP contribution in [0.1, 0.15) is 23.0 Å². The summed E-state index contributed by atoms with van der Waals surface area (Å²) in [5.74, 6) is -1.17. The van der Waals surface area contributed by atoms with Gasteiger partial charge < -0.3 is 10.1 Å². The van der Waals surface area contributed by atoms with Crippen LogP contribution in [0.2, 0.25) is 0 Å². The van der Waals surface area contributed by atoms with Crippen molar-refractivity contribution in [3.63, 3.8) is 0 Å². The van der Waals surface area contributed by atoms with Crippen LogP contribution in [0, 0.1) is 4.64 Å². The molecule has 0 amide bonds. The van der Waals surface area contributed by atoms with Gasteiger partial charge in [-0.25, -0.2) is 9.59 Å². The number of carbonyl (C=O) groups is 1. The summed E-state index contributed by atoms with van der Waals surface area (Å²) in [6.45, 7) is 1.77. The van der Waals surface area contributed by atoms with Crippen LogP contribution >= 0.6 is 12.2 Å². The number of aromatic carboxylic acids is 1. The largest absolute Gasteiger partial charge is 0.477 e. The molecule has 0 aliphatic rings. The fraction of sp³-hybridized carbons (Fsp3) is 0.286. The predicted octanol–water partition coefficient (Wildman–Crippen LogP) is 0.693. The summed E-state index contributed by atoms with van der Waals surface area (Å²) in [7, 11) is 0. The number of rotatable bonds is 2. The minimum absolute atomic E-state index is 0.128. The van der Waals surface area contributed by atoms with E-state index in [1.54, 1.807) is 6.92 Å². The minimum Gasteiger partial charge on any atom is -0.477 e. The van der Waals surface area contributed by atoms with Gasteiger partial charge in [0, 0.05) is 5.56 Å². The zero-order valence-corrected chi connectivity index (χ0v) is 7.70. The number of carboxylic acid groups (broad SMARTS) is 1. The van der Waals surface area contributed by atoms with E-state index < -0.39 is 11.7 Å². The molecule has 0 spiro atoms. The van der Waals surface area contributed by atoms with Crippen LogP contribution in [-0.4, -0.2) is 21.0 Å². The Morgan fingerprint density at radius 2 is 2.15 bits per heavy atom. The average molecular weight is 200 g/mol. The van der Waals surface area contributed by atoms with Crippen LogP contribution in [0.15, 0.2) is 4.79 Å². The van der Waals surface area contributed by atoms with Crippen molar-refractivity contribution in [3.8, 4) is 0 Å². The molecule has 1 heterocycles. The maximum absolute atomic E-state index is 10.8. The van der Waals surface area contributed by atoms with Gasteiger partial charge in [0.25, 0.3) is 0 Å². The van der Waals surface area contributed by atoms with Gasteiger partial charge in [0.05, 0.1) is 0 Å². The second-order valence-electron chi connectivity index (χ2n) is 2.42. The number of hydrogen-bond donors (Lipinski definition) is 3. The highest BCUT2D eigenvalue weighted by molar-refractivity contribution is 7.71. The SMILES string of the molecule is CCc1c(C(=O)O)[nH]c(=O)[nH]c1=S. The van der Waals surface area contributed by atoms with Gasteiger partial charge in [0.1, 0.15) is 10.3 Å². The molecule has 0 saturated carbocycles. The van der Waals surface area contributed by atoms with E-state index in [9.17, 15) is 9.59 Å². The third-order valence-corrected chi connectivity index (χ3v) is 1.96. The molecule has 6 heteroatoms. The van der Waals surface area contributed by atoms with Gasteiger partial charge in [-0.15, -0.1) is 0 Å². The van der Waals surface area contributed by atoms with Crippen molar-refractivity contribution < 1.29 is 9.90 Å². The molecule has 0 aromatic carbocycles. The molecule has 0 unspecified atom stereocenters. The highest BCUT2D eigenvalue weighted by Gasteiger charge is 2.11. The van der Waals surface area contributed by atoms with Crippen molar-refractivity contribution >= 4 is 18.2 Å². The first-order valence-corrected chi connectivity index (χ1v) is 4.05. The van der Waals surface area contributed by atoms with Crippen molar-refractivity contribution in [1.29, 1.82) is 0 Å². The van der Waals surface area contributed by atoms with E-state index in [1.165, 1.54) is 0 Å². The molecule has 0 aliphatic heterocycles. The number of aromatic nitrogens is 2. The lowest BCUT2D eigenvalue weighted by Crippen LogP contribution is -2.19. The van der Waals surface area contributed by atoms with Gasteiger partial charge in [-0.3, -0.25) is 4.98 Å². The van der Waals surface area contributed by atoms with Crippen LogP contribution in [-0.2, 0) is 6.42 Å². The van der Waals surface area contributed by atoms with E-state index in [1.807, 2.05) is 0 Å². The molecular weight excluding hydrogens is 192 g/mol. The molecule has 1 aromatic rings. The van der Waals surface area contributed by atoms with Crippen molar-refractivity contribution in [2.75, 3.05) is 0 Å². The third-order valence-electron chi connectivity index (χ3n) is 1.61. The molecule has 0 atom stereocenters. The highest BCUT2D eigenvalue weighted by atomic mass is 32.1. The summed E-state index contributed by atoms with van der Waals surface area (Å²) in [5.41, 5.74) is -0.280. The van der Waals surface area contributed by atoms with Gasteiger partial charge in [0.15, 0.2) is 0 Å². The molecule has 13 heavy (non-hydrogen) atoms. The second kappa shape index (κ2) is 3.53. The van der Waals surface area contributed by atoms with E-state index in [-0.39, 0.29) is 10.3 Å². The maximum Gasteiger partial charge on any atom is 0.352 e. The van der Waals surface area contributed by atoms with Crippen LogP contribution < -0.4 is 5.69 Å². The van der Waals surface area contributed by atoms with Crippen LogP contribution in [0.4, 0.5) is 0 Å². The minimum atomic E-state index is -1.17. The van der Waals surface area contributed by atoms with Gasteiger partial charge in [-0.2, -0.15) is 0 Å². The smallest absolute Gasteiger partial charge is 0.352 e. The molecule has 0 aliphatic carbocycles. The Labute approximate surface area is 78.4 Å². The number of carboxylic acids is 1. The van der Waals surface area contributed by atoms with E-state index in [0.717, 1.165) is 0 Å². The Balaban J connectivity index is 3.57. The first kappa shape index (κ1) is 9.66. The first-order chi connectivity index (χ1) is 6.06. The number of hydrogen-bond acceptors (Lipinski definition) is 3. The molecule has 1 aromatic heterocycles. The van der Waals surface area contributed by atoms with E-state index >= 15 is 0 Å². The molecule has 3 N–H and O–H groups in total. The molecule has 0 fully saturated rings. The standard InChI is InChI=1S/C7H8N2O3S/c1-2-3-4(6(10)11)8-7(12)9-5(3)13/h2H2,1H3,(H,10,11)(H2,8,9,12,13). The molecule has 0 radical (unpaired) electrons. The van der Waals surface area contributed by atoms with Gasteiger partial charge in [-0.1, -0.05) is 19.1 Å². The van der Waals surface area contributed by atoms with Gasteiger partial charge >= 0.3 is 11.7 Å². The van der Waals surface area contributed by atoms with Crippen molar-refractivity contribution in [1.82, 2.24) is 9.97 Å². The van der Waals surface area contributed by atoms with Crippen LogP contribution in [0.3, 0.4) is 0 Å². The lowest BCUT2D eigenvalue weighted by atomic mass is 10.2. The second-order valence-corrected chi connectivity index (χ2v) is 2.83. The molecule has 0 saturated heterocycles. The molecule has 5 nitrogen and oxygen atoms in total. The number of nitrogens with one attached hydrogen (secondary N) is 2. The van der Waals surface area contributed by atoms with E-state index in [4.69, 9.17) is 17.3 Å². The Hall–Kier alpha value is -1.43. The first-order valence-electron chi connectivity index (χ1n) is 3.65. The molecule has 70 valence electrons. The highest BCUT2D eigenvalue weighted by Crippen LogP contribution is 2.04. The summed E-state index contributed by atoms with van der Waals surface area (Å²) in [6, 6.07) is 0. The van der Waals surface area contributed by atoms with E-state index in [2.05, 4.69) is 9.97 Å². The Bertz CT molecular complexity index is 446. The Morgan fingerprint density at radius 1 is 1.54 bits per heavy atom. The predicted molar refractivity (Wildman–Crippen MR) is 48.6 cm³/mol. The number of aromatic amines is 2. The van der Waals surface area contributed by atoms with Crippen molar-refractivity contribution in [2.45, 2.75) is 13.3 Å². The molecule has 1 rings (SSSR count). The van der Waals surface area contributed by atoms with Crippen LogP contribution in [0.5, 0.6) is 0 Å². The summed E-state index contributed by atoms with van der Waals surface area (Å²) in [4.78, 5) is 26.0. The summed E-state index contributed by atoms with van der Waals surface area (Å²) < 4.78 is 0.184. The summed E-state index contributed by atoms with van der Waals surface area (Å²) in [5, 5.41) is 8.72. The lowest BCUT2D eigenvalue weighted by Gasteiger charge is -2.01. The fourth-order valence-corrected chi connectivity index (χ4v) is 1.37. The summed E-state index contributed by atoms with van der Waals surface area (Å²) >= 11 is 4.81. The monoisotopic (exact) mass is 200 g/mol. The van der Waals surface area contributed by atoms with Gasteiger partial charge in [-0.05, 0) is 6.42 Å². The quantitative estimate of drug-likeness (QED) is 0.613. The van der Waals surface area contributed by atoms with Crippen molar-refractivity contribution in [3.05, 3.63) is 26.4 Å². The van der Waals surface area contributed by atoms with Gasteiger partial charge in [0.2, 0.25) is 0 Å². The summed E-state index contributed by atoms with van der Waals surface area (Å²) in [6.07, 6.45) is 0.466. The third kappa shape index (κ3) is 1.83. The fourth-order valence-electron chi connectivity index (χ4n) is 1.03. The topological polar surface area (TPSA) is 85.9 Å². The van der Waals surface area contributed by atoms with Crippen LogP contribution in [0.25, 0.3) is 0 Å². The molecule has 0 bridgehead atoms.